The van der Waals surface area contributed by atoms with Gasteiger partial charge in [0.2, 0.25) is 0 Å². The second kappa shape index (κ2) is 12.3. The Hall–Kier alpha value is -5.19. The lowest BCUT2D eigenvalue weighted by molar-refractivity contribution is -0.387. The molecule has 1 aliphatic carbocycles. The topological polar surface area (TPSA) is 181 Å². The number of H-pyrrole nitrogens is 2. The highest BCUT2D eigenvalue weighted by Crippen LogP contribution is 2.51. The molecule has 5 rings (SSSR count). The molecule has 1 amide bonds. The van der Waals surface area contributed by atoms with Gasteiger partial charge in [0, 0.05) is 36.2 Å². The number of nitrogens with zero attached hydrogens (tertiary/aromatic N) is 1. The number of Topliss-reactive ketones (excluding diaryl/α,β-unsaturated/α-hetero) is 1. The molecule has 2 aromatic heterocycles. The molecule has 1 aliphatic rings. The zero-order chi connectivity index (χ0) is 29.6. The van der Waals surface area contributed by atoms with Crippen LogP contribution in [0.5, 0.6) is 0 Å². The Balaban J connectivity index is 0.00000124. The first kappa shape index (κ1) is 28.8. The lowest BCUT2D eigenvalue weighted by Crippen LogP contribution is -2.38. The van der Waals surface area contributed by atoms with Crippen LogP contribution in [0.3, 0.4) is 0 Å². The van der Waals surface area contributed by atoms with Gasteiger partial charge in [0.25, 0.3) is 6.47 Å². The van der Waals surface area contributed by atoms with Crippen molar-refractivity contribution in [1.82, 2.24) is 15.3 Å². The number of amides is 1. The second-order valence-corrected chi connectivity index (χ2v) is 9.95. The van der Waals surface area contributed by atoms with Gasteiger partial charge >= 0.3 is 23.3 Å². The van der Waals surface area contributed by atoms with Gasteiger partial charge in [0.05, 0.1) is 5.92 Å². The first-order chi connectivity index (χ1) is 19.7. The number of carbonyl (C=O) groups is 4. The van der Waals surface area contributed by atoms with Crippen LogP contribution in [0.4, 0.5) is 0 Å². The van der Waals surface area contributed by atoms with Gasteiger partial charge in [0.15, 0.2) is 5.78 Å². The van der Waals surface area contributed by atoms with Crippen LogP contribution in [0.25, 0.3) is 21.9 Å². The summed E-state index contributed by atoms with van der Waals surface area (Å²) in [6.45, 7) is 1.11. The number of ketones is 1. The minimum Gasteiger partial charge on any atom is -0.483 e. The zero-order valence-corrected chi connectivity index (χ0v) is 22.2. The van der Waals surface area contributed by atoms with E-state index >= 15 is 0 Å². The van der Waals surface area contributed by atoms with Crippen molar-refractivity contribution in [3.05, 3.63) is 94.4 Å². The molecule has 0 spiro atoms. The number of rotatable bonds is 9. The van der Waals surface area contributed by atoms with Crippen molar-refractivity contribution in [1.29, 1.82) is 0 Å². The normalized spacial score (nSPS) is 13.8. The minimum atomic E-state index is -1.04. The highest BCUT2D eigenvalue weighted by molar-refractivity contribution is 5.97. The highest BCUT2D eigenvalue weighted by Gasteiger charge is 2.46. The number of aliphatic carboxylic acids is 1. The van der Waals surface area contributed by atoms with Crippen LogP contribution in [-0.4, -0.2) is 50.9 Å². The number of pyridine rings is 1. The Morgan fingerprint density at radius 3 is 2.49 bits per heavy atom. The van der Waals surface area contributed by atoms with E-state index in [1.54, 1.807) is 6.20 Å². The zero-order valence-electron chi connectivity index (χ0n) is 22.2. The van der Waals surface area contributed by atoms with Crippen LogP contribution < -0.4 is 15.9 Å². The first-order valence-electron chi connectivity index (χ1n) is 12.9. The number of hydrogen-bond acceptors (Lipinski definition) is 6. The summed E-state index contributed by atoms with van der Waals surface area (Å²) in [6, 6.07) is 16.3. The van der Waals surface area contributed by atoms with Crippen molar-refractivity contribution in [2.45, 2.75) is 31.6 Å². The standard InChI is InChI=1S/C29H26N4O5.CH2O2/c1-17(28(37)38)14-32-27(36)25-31-16-23(26(35)33-25)24(34)13-29(10-11-29)20-7-5-18(6-8-20)21-4-2-3-19-15-30-12-9-22(19)21;2-1-3/h2-9,12,15-17H,10-11,13-14H2,1H3,(H,32,36)(H,37,38)(H,31,33,35);1H,(H,2,3)/p+1. The van der Waals surface area contributed by atoms with Gasteiger partial charge in [0.1, 0.15) is 11.8 Å². The molecule has 1 fully saturated rings. The molecule has 1 unspecified atom stereocenters. The van der Waals surface area contributed by atoms with Crippen molar-refractivity contribution in [3.8, 4) is 11.1 Å². The Kier molecular flexibility index (Phi) is 8.66. The van der Waals surface area contributed by atoms with Gasteiger partial charge in [-0.3, -0.25) is 24.2 Å². The van der Waals surface area contributed by atoms with Crippen LogP contribution in [0.15, 0.2) is 71.9 Å². The Bertz CT molecular complexity index is 1650. The van der Waals surface area contributed by atoms with Crippen molar-refractivity contribution in [2.24, 2.45) is 5.92 Å². The minimum absolute atomic E-state index is 0.0484. The maximum absolute atomic E-state index is 13.1. The lowest BCUT2D eigenvalue weighted by atomic mass is 9.87. The van der Waals surface area contributed by atoms with E-state index in [0.29, 0.717) is 0 Å². The predicted molar refractivity (Wildman–Crippen MR) is 148 cm³/mol. The molecule has 0 bridgehead atoms. The summed E-state index contributed by atoms with van der Waals surface area (Å²) in [5.41, 5.74) is 2.22. The maximum atomic E-state index is 13.1. The molecule has 2 heterocycles. The van der Waals surface area contributed by atoms with Gasteiger partial charge in [-0.1, -0.05) is 49.4 Å². The van der Waals surface area contributed by atoms with E-state index in [-0.39, 0.29) is 42.0 Å². The molecule has 1 saturated carbocycles. The van der Waals surface area contributed by atoms with Crippen LogP contribution in [0.2, 0.25) is 0 Å². The monoisotopic (exact) mass is 557 g/mol. The molecular formula is C30H29N4O7+. The third kappa shape index (κ3) is 6.52. The molecule has 0 saturated heterocycles. The first-order valence-corrected chi connectivity index (χ1v) is 12.9. The third-order valence-electron chi connectivity index (χ3n) is 7.20. The number of carboxylic acid groups (broad SMARTS) is 2. The molecule has 11 heteroatoms. The summed E-state index contributed by atoms with van der Waals surface area (Å²) in [5, 5.41) is 20.5. The smallest absolute Gasteiger partial charge is 0.346 e. The largest absolute Gasteiger partial charge is 0.483 e. The quantitative estimate of drug-likeness (QED) is 0.179. The Morgan fingerprint density at radius 2 is 1.85 bits per heavy atom. The molecule has 0 aliphatic heterocycles. The summed E-state index contributed by atoms with van der Waals surface area (Å²) in [6.07, 6.45) is 6.75. The number of carboxylic acids is 1. The van der Waals surface area contributed by atoms with Gasteiger partial charge in [-0.05, 0) is 41.0 Å². The fourth-order valence-electron chi connectivity index (χ4n) is 4.68. The fourth-order valence-corrected chi connectivity index (χ4v) is 4.68. The summed E-state index contributed by atoms with van der Waals surface area (Å²) in [5.74, 6) is -2.93. The summed E-state index contributed by atoms with van der Waals surface area (Å²) < 4.78 is 0. The molecule has 210 valence electrons. The summed E-state index contributed by atoms with van der Waals surface area (Å²) in [4.78, 5) is 66.5. The van der Waals surface area contributed by atoms with Crippen LogP contribution >= 0.6 is 0 Å². The van der Waals surface area contributed by atoms with Crippen LogP contribution in [0, 0.1) is 5.92 Å². The van der Waals surface area contributed by atoms with E-state index in [2.05, 4.69) is 50.6 Å². The average molecular weight is 558 g/mol. The average Bonchev–Trinajstić information content (AvgIpc) is 3.76. The summed E-state index contributed by atoms with van der Waals surface area (Å²) >= 11 is 0. The SMILES string of the molecule is CC(CNC(=O)c1[nH]c(=O)c(C(=O)CC2(c3ccc(-c4cccc5cnccc45)cc3)CC2)c[nH+]1)C(=O)O.O=CO. The number of carbonyl (C=O) groups excluding carboxylic acids is 2. The number of aromatic amines is 2. The van der Waals surface area contributed by atoms with E-state index in [0.717, 1.165) is 40.3 Å². The van der Waals surface area contributed by atoms with Crippen molar-refractivity contribution < 1.29 is 34.4 Å². The van der Waals surface area contributed by atoms with E-state index in [9.17, 15) is 19.2 Å². The van der Waals surface area contributed by atoms with Crippen molar-refractivity contribution in [3.63, 3.8) is 0 Å². The maximum Gasteiger partial charge on any atom is 0.346 e. The van der Waals surface area contributed by atoms with Gasteiger partial charge < -0.3 is 15.5 Å². The van der Waals surface area contributed by atoms with E-state index in [4.69, 9.17) is 15.0 Å². The molecule has 0 radical (unpaired) electrons. The summed E-state index contributed by atoms with van der Waals surface area (Å²) in [7, 11) is 0. The Morgan fingerprint density at radius 1 is 1.15 bits per heavy atom. The van der Waals surface area contributed by atoms with Gasteiger partial charge in [-0.25, -0.2) is 14.8 Å². The highest BCUT2D eigenvalue weighted by atomic mass is 16.4. The predicted octanol–water partition coefficient (Wildman–Crippen LogP) is 2.86. The molecule has 5 N–H and O–H groups in total. The number of fused-ring (bicyclic) bond motifs is 1. The van der Waals surface area contributed by atoms with E-state index in [1.165, 1.54) is 13.1 Å². The third-order valence-corrected chi connectivity index (χ3v) is 7.20. The number of aromatic nitrogens is 3. The van der Waals surface area contributed by atoms with Gasteiger partial charge in [-0.15, -0.1) is 0 Å². The van der Waals surface area contributed by atoms with Crippen LogP contribution in [-0.2, 0) is 15.0 Å². The van der Waals surface area contributed by atoms with E-state index < -0.39 is 23.4 Å². The van der Waals surface area contributed by atoms with Crippen molar-refractivity contribution in [2.75, 3.05) is 6.54 Å². The molecule has 11 nitrogen and oxygen atoms in total. The molecule has 41 heavy (non-hydrogen) atoms. The lowest BCUT2D eigenvalue weighted by Gasteiger charge is -2.15. The fraction of sp³-hybridized carbons (Fsp3) is 0.233. The second-order valence-electron chi connectivity index (χ2n) is 9.95. The molecule has 1 atom stereocenters. The molecule has 2 aromatic carbocycles. The van der Waals surface area contributed by atoms with Crippen molar-refractivity contribution >= 4 is 34.9 Å². The number of benzene rings is 2. The molecular weight excluding hydrogens is 528 g/mol. The van der Waals surface area contributed by atoms with Crippen LogP contribution in [0.1, 0.15) is 52.7 Å². The molecule has 4 aromatic rings. The Labute approximate surface area is 234 Å². The van der Waals surface area contributed by atoms with E-state index in [1.807, 2.05) is 24.4 Å². The van der Waals surface area contributed by atoms with Gasteiger partial charge in [-0.2, -0.15) is 0 Å². The number of hydrogen-bond donors (Lipinski definition) is 4. The number of nitrogens with one attached hydrogen (secondary N) is 3.